The highest BCUT2D eigenvalue weighted by molar-refractivity contribution is 7.86. The highest BCUT2D eigenvalue weighted by Gasteiger charge is 2.33. The zero-order chi connectivity index (χ0) is 12.9. The van der Waals surface area contributed by atoms with Gasteiger partial charge in [-0.2, -0.15) is 17.0 Å². The van der Waals surface area contributed by atoms with Crippen LogP contribution in [0.15, 0.2) is 0 Å². The van der Waals surface area contributed by atoms with Gasteiger partial charge in [-0.3, -0.25) is 0 Å². The zero-order valence-electron chi connectivity index (χ0n) is 10.6. The minimum Gasteiger partial charge on any atom is -0.383 e. The van der Waals surface area contributed by atoms with Crippen LogP contribution >= 0.6 is 0 Å². The Morgan fingerprint density at radius 2 is 2.18 bits per heavy atom. The van der Waals surface area contributed by atoms with Gasteiger partial charge in [0.2, 0.25) is 0 Å². The van der Waals surface area contributed by atoms with Crippen molar-refractivity contribution in [3.05, 3.63) is 0 Å². The van der Waals surface area contributed by atoms with E-state index in [1.165, 1.54) is 8.61 Å². The van der Waals surface area contributed by atoms with Gasteiger partial charge in [-0.05, 0) is 12.8 Å². The van der Waals surface area contributed by atoms with E-state index in [4.69, 9.17) is 10.5 Å². The van der Waals surface area contributed by atoms with Crippen LogP contribution in [-0.2, 0) is 14.9 Å². The van der Waals surface area contributed by atoms with Crippen molar-refractivity contribution in [1.29, 1.82) is 0 Å². The van der Waals surface area contributed by atoms with Crippen molar-refractivity contribution in [3.63, 3.8) is 0 Å². The van der Waals surface area contributed by atoms with Crippen LogP contribution < -0.4 is 5.73 Å². The Labute approximate surface area is 104 Å². The summed E-state index contributed by atoms with van der Waals surface area (Å²) < 4.78 is 32.4. The summed E-state index contributed by atoms with van der Waals surface area (Å²) in [5, 5.41) is 0. The summed E-state index contributed by atoms with van der Waals surface area (Å²) in [6.07, 6.45) is 2.82. The molecule has 6 nitrogen and oxygen atoms in total. The summed E-state index contributed by atoms with van der Waals surface area (Å²) in [4.78, 5) is 0. The number of rotatable bonds is 6. The number of methoxy groups -OCH3 is 1. The van der Waals surface area contributed by atoms with E-state index < -0.39 is 10.2 Å². The number of hydrogen-bond acceptors (Lipinski definition) is 4. The first-order valence-electron chi connectivity index (χ1n) is 5.96. The molecule has 102 valence electrons. The predicted molar refractivity (Wildman–Crippen MR) is 66.8 cm³/mol. The molecule has 0 aliphatic carbocycles. The second-order valence-corrected chi connectivity index (χ2v) is 6.31. The van der Waals surface area contributed by atoms with Crippen LogP contribution in [-0.4, -0.2) is 63.5 Å². The van der Waals surface area contributed by atoms with E-state index in [1.54, 1.807) is 14.2 Å². The fourth-order valence-electron chi connectivity index (χ4n) is 2.03. The van der Waals surface area contributed by atoms with Crippen LogP contribution in [0.25, 0.3) is 0 Å². The SMILES string of the molecule is COCCN(C)S(=O)(=O)N1CCCCC1CN. The second kappa shape index (κ2) is 6.65. The lowest BCUT2D eigenvalue weighted by Gasteiger charge is -2.36. The van der Waals surface area contributed by atoms with Crippen molar-refractivity contribution in [2.24, 2.45) is 5.73 Å². The lowest BCUT2D eigenvalue weighted by atomic mass is 10.1. The van der Waals surface area contributed by atoms with E-state index in [2.05, 4.69) is 0 Å². The maximum absolute atomic E-state index is 12.3. The van der Waals surface area contributed by atoms with Gasteiger partial charge in [0.1, 0.15) is 0 Å². The molecule has 1 aliphatic rings. The summed E-state index contributed by atoms with van der Waals surface area (Å²) in [6, 6.07) is -0.0567. The molecule has 7 heteroatoms. The van der Waals surface area contributed by atoms with Gasteiger partial charge >= 0.3 is 0 Å². The Morgan fingerprint density at radius 1 is 1.47 bits per heavy atom. The molecule has 1 rings (SSSR count). The number of likely N-dealkylation sites (N-methyl/N-ethyl adjacent to an activating group) is 1. The van der Waals surface area contributed by atoms with Crippen LogP contribution in [0.2, 0.25) is 0 Å². The van der Waals surface area contributed by atoms with Gasteiger partial charge in [0.25, 0.3) is 10.2 Å². The van der Waals surface area contributed by atoms with E-state index in [-0.39, 0.29) is 6.04 Å². The first kappa shape index (κ1) is 14.8. The molecule has 0 aromatic rings. The quantitative estimate of drug-likeness (QED) is 0.710. The number of ether oxygens (including phenoxy) is 1. The van der Waals surface area contributed by atoms with Gasteiger partial charge in [0.05, 0.1) is 6.61 Å². The van der Waals surface area contributed by atoms with Crippen LogP contribution in [0, 0.1) is 0 Å². The third-order valence-electron chi connectivity index (χ3n) is 3.15. The molecule has 1 fully saturated rings. The first-order valence-corrected chi connectivity index (χ1v) is 7.35. The van der Waals surface area contributed by atoms with Crippen molar-refractivity contribution in [2.75, 3.05) is 40.4 Å². The third kappa shape index (κ3) is 3.62. The molecule has 0 radical (unpaired) electrons. The lowest BCUT2D eigenvalue weighted by molar-refractivity contribution is 0.177. The van der Waals surface area contributed by atoms with Gasteiger partial charge in [-0.1, -0.05) is 6.42 Å². The highest BCUT2D eigenvalue weighted by Crippen LogP contribution is 2.21. The van der Waals surface area contributed by atoms with Crippen molar-refractivity contribution in [1.82, 2.24) is 8.61 Å². The lowest BCUT2D eigenvalue weighted by Crippen LogP contribution is -2.52. The Kier molecular flexibility index (Phi) is 5.81. The molecule has 1 heterocycles. The Morgan fingerprint density at radius 3 is 2.76 bits per heavy atom. The molecule has 0 amide bonds. The van der Waals surface area contributed by atoms with Crippen LogP contribution in [0.4, 0.5) is 0 Å². The molecule has 0 saturated carbocycles. The maximum Gasteiger partial charge on any atom is 0.282 e. The van der Waals surface area contributed by atoms with E-state index in [9.17, 15) is 8.42 Å². The Bertz CT molecular complexity index is 321. The standard InChI is InChI=1S/C10H23N3O3S/c1-12(7-8-16-2)17(14,15)13-6-4-3-5-10(13)9-11/h10H,3-9,11H2,1-2H3. The van der Waals surface area contributed by atoms with E-state index in [0.29, 0.717) is 26.2 Å². The van der Waals surface area contributed by atoms with Crippen molar-refractivity contribution < 1.29 is 13.2 Å². The topological polar surface area (TPSA) is 75.9 Å². The maximum atomic E-state index is 12.3. The molecular formula is C10H23N3O3S. The molecular weight excluding hydrogens is 242 g/mol. The Balaban J connectivity index is 2.73. The molecule has 17 heavy (non-hydrogen) atoms. The minimum atomic E-state index is -3.39. The molecule has 1 saturated heterocycles. The fourth-order valence-corrected chi connectivity index (χ4v) is 3.62. The van der Waals surface area contributed by atoms with E-state index >= 15 is 0 Å². The molecule has 0 spiro atoms. The summed E-state index contributed by atoms with van der Waals surface area (Å²) in [7, 11) is -0.249. The van der Waals surface area contributed by atoms with Crippen molar-refractivity contribution in [3.8, 4) is 0 Å². The molecule has 0 aromatic heterocycles. The summed E-state index contributed by atoms with van der Waals surface area (Å²) in [5.74, 6) is 0. The Hall–Kier alpha value is -0.210. The van der Waals surface area contributed by atoms with Gasteiger partial charge in [-0.25, -0.2) is 0 Å². The van der Waals surface area contributed by atoms with Gasteiger partial charge in [0.15, 0.2) is 0 Å². The predicted octanol–water partition coefficient (Wildman–Crippen LogP) is -0.377. The molecule has 2 N–H and O–H groups in total. The molecule has 1 atom stereocenters. The van der Waals surface area contributed by atoms with Crippen LogP contribution in [0.5, 0.6) is 0 Å². The van der Waals surface area contributed by atoms with Crippen LogP contribution in [0.1, 0.15) is 19.3 Å². The average molecular weight is 265 g/mol. The normalized spacial score (nSPS) is 23.2. The first-order chi connectivity index (χ1) is 8.04. The van der Waals surface area contributed by atoms with E-state index in [0.717, 1.165) is 19.3 Å². The zero-order valence-corrected chi connectivity index (χ0v) is 11.4. The molecule has 0 bridgehead atoms. The molecule has 0 aromatic carbocycles. The van der Waals surface area contributed by atoms with Crippen molar-refractivity contribution in [2.45, 2.75) is 25.3 Å². The largest absolute Gasteiger partial charge is 0.383 e. The summed E-state index contributed by atoms with van der Waals surface area (Å²) in [5.41, 5.74) is 5.64. The van der Waals surface area contributed by atoms with Gasteiger partial charge < -0.3 is 10.5 Å². The number of nitrogens with zero attached hydrogens (tertiary/aromatic N) is 2. The number of hydrogen-bond donors (Lipinski definition) is 1. The monoisotopic (exact) mass is 265 g/mol. The van der Waals surface area contributed by atoms with Crippen molar-refractivity contribution >= 4 is 10.2 Å². The summed E-state index contributed by atoms with van der Waals surface area (Å²) in [6.45, 7) is 1.72. The smallest absolute Gasteiger partial charge is 0.282 e. The van der Waals surface area contributed by atoms with Gasteiger partial charge in [-0.15, -0.1) is 0 Å². The number of nitrogens with two attached hydrogens (primary N) is 1. The highest BCUT2D eigenvalue weighted by atomic mass is 32.2. The van der Waals surface area contributed by atoms with Crippen LogP contribution in [0.3, 0.4) is 0 Å². The summed E-state index contributed by atoms with van der Waals surface area (Å²) >= 11 is 0. The fraction of sp³-hybridized carbons (Fsp3) is 1.00. The third-order valence-corrected chi connectivity index (χ3v) is 5.19. The second-order valence-electron chi connectivity index (χ2n) is 4.32. The van der Waals surface area contributed by atoms with E-state index in [1.807, 2.05) is 0 Å². The number of piperidine rings is 1. The average Bonchev–Trinajstić information content (AvgIpc) is 2.35. The van der Waals surface area contributed by atoms with Gasteiger partial charge in [0, 0.05) is 39.8 Å². The molecule has 1 unspecified atom stereocenters. The molecule has 1 aliphatic heterocycles. The minimum absolute atomic E-state index is 0.0567.